The second-order valence-corrected chi connectivity index (χ2v) is 10.9. The molecule has 0 bridgehead atoms. The van der Waals surface area contributed by atoms with Gasteiger partial charge in [0.1, 0.15) is 11.3 Å². The van der Waals surface area contributed by atoms with Crippen molar-refractivity contribution in [2.24, 2.45) is 5.92 Å². The molecule has 34 heavy (non-hydrogen) atoms. The third-order valence-corrected chi connectivity index (χ3v) is 7.54. The number of rotatable bonds is 8. The van der Waals surface area contributed by atoms with E-state index in [2.05, 4.69) is 26.2 Å². The lowest BCUT2D eigenvalue weighted by atomic mass is 10.1. The van der Waals surface area contributed by atoms with Crippen molar-refractivity contribution in [1.82, 2.24) is 15.2 Å². The van der Waals surface area contributed by atoms with Crippen LogP contribution in [-0.4, -0.2) is 41.3 Å². The molecular weight excluding hydrogens is 514 g/mol. The van der Waals surface area contributed by atoms with E-state index in [1.54, 1.807) is 24.5 Å². The van der Waals surface area contributed by atoms with Gasteiger partial charge in [0, 0.05) is 25.0 Å². The lowest BCUT2D eigenvalue weighted by molar-refractivity contribution is 0.0737. The molecule has 2 aromatic carbocycles. The van der Waals surface area contributed by atoms with E-state index in [4.69, 9.17) is 4.42 Å². The van der Waals surface area contributed by atoms with Crippen LogP contribution >= 0.6 is 27.3 Å². The molecule has 5 rings (SSSR count). The number of amides is 2. The van der Waals surface area contributed by atoms with Crippen LogP contribution in [0, 0.1) is 12.8 Å². The van der Waals surface area contributed by atoms with Gasteiger partial charge in [-0.1, -0.05) is 35.9 Å². The molecule has 0 aliphatic heterocycles. The van der Waals surface area contributed by atoms with Crippen LogP contribution in [-0.2, 0) is 0 Å². The predicted molar refractivity (Wildman–Crippen MR) is 137 cm³/mol. The van der Waals surface area contributed by atoms with E-state index in [1.807, 2.05) is 42.2 Å². The van der Waals surface area contributed by atoms with E-state index in [0.29, 0.717) is 46.3 Å². The first-order valence-corrected chi connectivity index (χ1v) is 12.9. The highest BCUT2D eigenvalue weighted by Gasteiger charge is 2.30. The van der Waals surface area contributed by atoms with Crippen LogP contribution in [0.2, 0.25) is 0 Å². The number of furan rings is 1. The van der Waals surface area contributed by atoms with Crippen LogP contribution in [0.15, 0.2) is 63.1 Å². The average Bonchev–Trinajstić information content (AvgIpc) is 3.36. The molecule has 0 unspecified atom stereocenters. The highest BCUT2D eigenvalue weighted by molar-refractivity contribution is 9.11. The monoisotopic (exact) mass is 537 g/mol. The van der Waals surface area contributed by atoms with Crippen LogP contribution in [0.3, 0.4) is 0 Å². The summed E-state index contributed by atoms with van der Waals surface area (Å²) in [5.74, 6) is 0.238. The molecule has 6 nitrogen and oxygen atoms in total. The summed E-state index contributed by atoms with van der Waals surface area (Å²) < 4.78 is 6.08. The van der Waals surface area contributed by atoms with Crippen molar-refractivity contribution in [3.63, 3.8) is 0 Å². The van der Waals surface area contributed by atoms with Gasteiger partial charge in [0.25, 0.3) is 11.8 Å². The van der Waals surface area contributed by atoms with Crippen molar-refractivity contribution < 1.29 is 14.0 Å². The maximum Gasteiger partial charge on any atom is 0.274 e. The molecule has 1 aliphatic rings. The zero-order chi connectivity index (χ0) is 23.7. The molecule has 0 radical (unpaired) electrons. The summed E-state index contributed by atoms with van der Waals surface area (Å²) in [6.07, 6.45) is 3.84. The van der Waals surface area contributed by atoms with Crippen molar-refractivity contribution in [2.75, 3.05) is 19.6 Å². The minimum Gasteiger partial charge on any atom is -0.464 e. The van der Waals surface area contributed by atoms with Crippen LogP contribution < -0.4 is 5.32 Å². The van der Waals surface area contributed by atoms with Gasteiger partial charge in [0.15, 0.2) is 3.92 Å². The maximum absolute atomic E-state index is 13.6. The molecule has 1 N–H and O–H groups in total. The SMILES string of the molecule is Cc1ccc(-c2sc(Br)nc2C(=O)N(CCNC(=O)c2cccc3occc23)CC2CC2)cc1. The maximum atomic E-state index is 13.6. The molecule has 8 heteroatoms. The van der Waals surface area contributed by atoms with Crippen LogP contribution in [0.1, 0.15) is 39.3 Å². The van der Waals surface area contributed by atoms with Crippen LogP contribution in [0.25, 0.3) is 21.4 Å². The molecule has 174 valence electrons. The minimum atomic E-state index is -0.178. The molecule has 2 aromatic heterocycles. The van der Waals surface area contributed by atoms with E-state index in [1.165, 1.54) is 11.3 Å². The number of nitrogens with one attached hydrogen (secondary N) is 1. The fourth-order valence-corrected chi connectivity index (χ4v) is 5.42. The molecular formula is C26H24BrN3O3S. The van der Waals surface area contributed by atoms with Crippen LogP contribution in [0.4, 0.5) is 0 Å². The number of aryl methyl sites for hydroxylation is 1. The number of benzene rings is 2. The largest absolute Gasteiger partial charge is 0.464 e. The number of thiazole rings is 1. The zero-order valence-corrected chi connectivity index (χ0v) is 21.1. The summed E-state index contributed by atoms with van der Waals surface area (Å²) in [4.78, 5) is 33.6. The molecule has 1 fully saturated rings. The van der Waals surface area contributed by atoms with Gasteiger partial charge in [-0.05, 0) is 65.4 Å². The molecule has 2 heterocycles. The topological polar surface area (TPSA) is 75.4 Å². The number of fused-ring (bicyclic) bond motifs is 1. The highest BCUT2D eigenvalue weighted by Crippen LogP contribution is 2.35. The van der Waals surface area contributed by atoms with Crippen molar-refractivity contribution >= 4 is 50.1 Å². The number of nitrogens with zero attached hydrogens (tertiary/aromatic N) is 2. The van der Waals surface area contributed by atoms with Crippen molar-refractivity contribution in [3.05, 3.63) is 75.5 Å². The Morgan fingerprint density at radius 1 is 1.18 bits per heavy atom. The Labute approximate surface area is 210 Å². The quantitative estimate of drug-likeness (QED) is 0.303. The standard InChI is InChI=1S/C26H24BrN3O3S/c1-16-5-9-18(10-6-16)23-22(29-26(27)34-23)25(32)30(15-17-7-8-17)13-12-28-24(31)20-3-2-4-21-19(20)11-14-33-21/h2-6,9-11,14,17H,7-8,12-13,15H2,1H3,(H,28,31). The average molecular weight is 538 g/mol. The lowest BCUT2D eigenvalue weighted by Crippen LogP contribution is -2.40. The van der Waals surface area contributed by atoms with Crippen molar-refractivity contribution in [3.8, 4) is 10.4 Å². The summed E-state index contributed by atoms with van der Waals surface area (Å²) >= 11 is 4.92. The highest BCUT2D eigenvalue weighted by atomic mass is 79.9. The number of carbonyl (C=O) groups is 2. The van der Waals surface area contributed by atoms with E-state index in [9.17, 15) is 9.59 Å². The summed E-state index contributed by atoms with van der Waals surface area (Å²) in [6, 6.07) is 15.3. The van der Waals surface area contributed by atoms with Crippen LogP contribution in [0.5, 0.6) is 0 Å². The molecule has 0 spiro atoms. The Hall–Kier alpha value is -2.97. The van der Waals surface area contributed by atoms with Gasteiger partial charge < -0.3 is 14.6 Å². The predicted octanol–water partition coefficient (Wildman–Crippen LogP) is 5.91. The molecule has 1 saturated carbocycles. The van der Waals surface area contributed by atoms with Gasteiger partial charge in [-0.3, -0.25) is 9.59 Å². The normalized spacial score (nSPS) is 13.2. The van der Waals surface area contributed by atoms with Crippen molar-refractivity contribution in [2.45, 2.75) is 19.8 Å². The fourth-order valence-electron chi connectivity index (χ4n) is 3.97. The molecule has 2 amide bonds. The van der Waals surface area contributed by atoms with Gasteiger partial charge >= 0.3 is 0 Å². The molecule has 4 aromatic rings. The van der Waals surface area contributed by atoms with Gasteiger partial charge in [-0.2, -0.15) is 0 Å². The Morgan fingerprint density at radius 3 is 2.74 bits per heavy atom. The van der Waals surface area contributed by atoms with Gasteiger partial charge in [-0.25, -0.2) is 4.98 Å². The fraction of sp³-hybridized carbons (Fsp3) is 0.269. The number of hydrogen-bond donors (Lipinski definition) is 1. The Morgan fingerprint density at radius 2 is 1.97 bits per heavy atom. The molecule has 0 atom stereocenters. The number of hydrogen-bond acceptors (Lipinski definition) is 5. The summed E-state index contributed by atoms with van der Waals surface area (Å²) in [5, 5.41) is 3.75. The third-order valence-electron chi connectivity index (χ3n) is 5.99. The zero-order valence-electron chi connectivity index (χ0n) is 18.7. The third kappa shape index (κ3) is 4.93. The summed E-state index contributed by atoms with van der Waals surface area (Å²) in [7, 11) is 0. The smallest absolute Gasteiger partial charge is 0.274 e. The van der Waals surface area contributed by atoms with Gasteiger partial charge in [0.05, 0.1) is 16.7 Å². The van der Waals surface area contributed by atoms with E-state index < -0.39 is 0 Å². The molecule has 0 saturated heterocycles. The first-order valence-electron chi connectivity index (χ1n) is 11.3. The second kappa shape index (κ2) is 9.72. The molecule has 1 aliphatic carbocycles. The second-order valence-electron chi connectivity index (χ2n) is 8.60. The van der Waals surface area contributed by atoms with Gasteiger partial charge in [-0.15, -0.1) is 11.3 Å². The van der Waals surface area contributed by atoms with Crippen molar-refractivity contribution in [1.29, 1.82) is 0 Å². The first kappa shape index (κ1) is 22.8. The number of halogens is 1. The van der Waals surface area contributed by atoms with Gasteiger partial charge in [0.2, 0.25) is 0 Å². The van der Waals surface area contributed by atoms with E-state index in [0.717, 1.165) is 34.2 Å². The van der Waals surface area contributed by atoms with E-state index >= 15 is 0 Å². The van der Waals surface area contributed by atoms with E-state index in [-0.39, 0.29) is 11.8 Å². The number of aromatic nitrogens is 1. The summed E-state index contributed by atoms with van der Waals surface area (Å²) in [5.41, 5.74) is 3.84. The minimum absolute atomic E-state index is 0.101. The number of carbonyl (C=O) groups excluding carboxylic acids is 2. The Balaban J connectivity index is 1.31. The first-order chi connectivity index (χ1) is 16.5. The summed E-state index contributed by atoms with van der Waals surface area (Å²) in [6.45, 7) is 3.49. The Kier molecular flexibility index (Phi) is 6.52. The Bertz CT molecular complexity index is 1340. The lowest BCUT2D eigenvalue weighted by Gasteiger charge is -2.22.